The molecule has 2 atom stereocenters. The van der Waals surface area contributed by atoms with E-state index in [0.717, 1.165) is 24.0 Å². The number of benzene rings is 1. The van der Waals surface area contributed by atoms with Crippen molar-refractivity contribution in [2.75, 3.05) is 6.54 Å². The quantitative estimate of drug-likeness (QED) is 0.746. The van der Waals surface area contributed by atoms with Crippen molar-refractivity contribution >= 4 is 16.0 Å². The van der Waals surface area contributed by atoms with Crippen molar-refractivity contribution in [3.63, 3.8) is 0 Å². The van der Waals surface area contributed by atoms with Gasteiger partial charge in [0.05, 0.1) is 16.5 Å². The van der Waals surface area contributed by atoms with Crippen LogP contribution in [0, 0.1) is 5.92 Å². The number of aromatic carboxylic acids is 1. The molecule has 2 N–H and O–H groups in total. The van der Waals surface area contributed by atoms with Crippen molar-refractivity contribution < 1.29 is 23.4 Å². The highest BCUT2D eigenvalue weighted by Crippen LogP contribution is 2.39. The molecule has 150 valence electrons. The average molecular weight is 411 g/mol. The molecule has 0 amide bonds. The Kier molecular flexibility index (Phi) is 5.02. The molecule has 0 saturated heterocycles. The second kappa shape index (κ2) is 7.50. The number of fused-ring (bicyclic) bond motifs is 1. The van der Waals surface area contributed by atoms with Crippen molar-refractivity contribution in [2.45, 2.75) is 23.8 Å². The minimum atomic E-state index is -3.85. The van der Waals surface area contributed by atoms with Crippen LogP contribution in [0.3, 0.4) is 0 Å². The van der Waals surface area contributed by atoms with Crippen LogP contribution in [-0.2, 0) is 10.0 Å². The molecule has 0 aliphatic heterocycles. The molecule has 4 rings (SSSR count). The average Bonchev–Trinajstić information content (AvgIpc) is 2.69. The Balaban J connectivity index is 1.70. The third-order valence-electron chi connectivity index (χ3n) is 5.40. The van der Waals surface area contributed by atoms with Crippen LogP contribution in [0.25, 0.3) is 0 Å². The number of hydrogen-bond acceptors (Lipinski definition) is 4. The van der Waals surface area contributed by atoms with Gasteiger partial charge in [0.15, 0.2) is 0 Å². The topological polar surface area (TPSA) is 94.9 Å². The number of hydrogen-bond donors (Lipinski definition) is 2. The van der Waals surface area contributed by atoms with Crippen LogP contribution in [0.5, 0.6) is 0 Å². The van der Waals surface area contributed by atoms with E-state index in [1.54, 1.807) is 12.2 Å². The van der Waals surface area contributed by atoms with Gasteiger partial charge >= 0.3 is 5.97 Å². The highest BCUT2D eigenvalue weighted by Gasteiger charge is 2.41. The monoisotopic (exact) mass is 411 g/mol. The Labute approximate surface area is 169 Å². The van der Waals surface area contributed by atoms with E-state index in [4.69, 9.17) is 5.11 Å². The van der Waals surface area contributed by atoms with Gasteiger partial charge in [-0.05, 0) is 54.8 Å². The molecule has 0 spiro atoms. The molecule has 7 heteroatoms. The maximum Gasteiger partial charge on any atom is 0.335 e. The largest absolute Gasteiger partial charge is 0.508 e. The van der Waals surface area contributed by atoms with Gasteiger partial charge in [0.1, 0.15) is 5.76 Å². The number of carboxylic acid groups (broad SMARTS) is 1. The number of allylic oxidation sites excluding steroid dienone is 5. The zero-order valence-corrected chi connectivity index (χ0v) is 16.4. The highest BCUT2D eigenvalue weighted by molar-refractivity contribution is 7.89. The van der Waals surface area contributed by atoms with Gasteiger partial charge in [-0.3, -0.25) is 0 Å². The van der Waals surface area contributed by atoms with E-state index in [2.05, 4.69) is 0 Å². The molecule has 0 heterocycles. The van der Waals surface area contributed by atoms with E-state index in [9.17, 15) is 18.3 Å². The Hall–Kier alpha value is -2.90. The van der Waals surface area contributed by atoms with Crippen molar-refractivity contribution in [3.05, 3.63) is 89.3 Å². The Bertz CT molecular complexity index is 1090. The molecule has 1 aromatic rings. The molecule has 0 bridgehead atoms. The highest BCUT2D eigenvalue weighted by atomic mass is 32.2. The van der Waals surface area contributed by atoms with Crippen molar-refractivity contribution in [1.82, 2.24) is 4.31 Å². The van der Waals surface area contributed by atoms with Crippen molar-refractivity contribution in [3.8, 4) is 0 Å². The molecule has 3 aliphatic rings. The summed E-state index contributed by atoms with van der Waals surface area (Å²) in [5.74, 6) is -1.06. The summed E-state index contributed by atoms with van der Waals surface area (Å²) in [6.45, 7) is 0.266. The van der Waals surface area contributed by atoms with Gasteiger partial charge < -0.3 is 10.2 Å². The Morgan fingerprint density at radius 1 is 1.21 bits per heavy atom. The number of aliphatic hydroxyl groups is 1. The van der Waals surface area contributed by atoms with Crippen LogP contribution in [0.2, 0.25) is 0 Å². The van der Waals surface area contributed by atoms with Crippen LogP contribution in [0.4, 0.5) is 0 Å². The maximum atomic E-state index is 13.5. The van der Waals surface area contributed by atoms with Crippen LogP contribution >= 0.6 is 0 Å². The third-order valence-corrected chi connectivity index (χ3v) is 7.26. The standard InChI is InChI=1S/C22H21NO5S/c24-18-8-11-20-17(12-18)13-21(20)23(14-15-4-2-1-3-5-15)29(27,28)19-9-6-16(7-10-19)22(25)26/h1-2,4,6-13,20-21,24H,3,5,14H2,(H,25,26). The summed E-state index contributed by atoms with van der Waals surface area (Å²) < 4.78 is 28.4. The molecule has 29 heavy (non-hydrogen) atoms. The minimum absolute atomic E-state index is 0.0391. The number of carbonyl (C=O) groups is 1. The number of aliphatic hydroxyl groups excluding tert-OH is 1. The maximum absolute atomic E-state index is 13.5. The van der Waals surface area contributed by atoms with Crippen molar-refractivity contribution in [1.29, 1.82) is 0 Å². The van der Waals surface area contributed by atoms with Gasteiger partial charge in [0.2, 0.25) is 10.0 Å². The first kappa shape index (κ1) is 19.4. The molecule has 0 fully saturated rings. The Morgan fingerprint density at radius 3 is 2.59 bits per heavy atom. The molecular formula is C22H21NO5S. The zero-order valence-electron chi connectivity index (χ0n) is 15.6. The zero-order chi connectivity index (χ0) is 20.6. The molecular weight excluding hydrogens is 390 g/mol. The van der Waals surface area contributed by atoms with Crippen LogP contribution in [0.15, 0.2) is 88.6 Å². The number of sulfonamides is 1. The predicted octanol–water partition coefficient (Wildman–Crippen LogP) is 3.59. The number of carboxylic acids is 1. The van der Waals surface area contributed by atoms with Crippen LogP contribution in [-0.4, -0.2) is 41.5 Å². The van der Waals surface area contributed by atoms with E-state index in [-0.39, 0.29) is 34.7 Å². The second-order valence-electron chi connectivity index (χ2n) is 7.28. The summed E-state index contributed by atoms with van der Waals surface area (Å²) in [5.41, 5.74) is 1.96. The summed E-state index contributed by atoms with van der Waals surface area (Å²) in [7, 11) is -3.85. The summed E-state index contributed by atoms with van der Waals surface area (Å²) in [6, 6.07) is 4.93. The summed E-state index contributed by atoms with van der Waals surface area (Å²) in [6.07, 6.45) is 14.5. The van der Waals surface area contributed by atoms with Gasteiger partial charge in [-0.15, -0.1) is 0 Å². The van der Waals surface area contributed by atoms with E-state index in [1.165, 1.54) is 28.6 Å². The molecule has 1 aromatic carbocycles. The summed E-state index contributed by atoms with van der Waals surface area (Å²) >= 11 is 0. The second-order valence-corrected chi connectivity index (χ2v) is 9.17. The molecule has 6 nitrogen and oxygen atoms in total. The molecule has 2 unspecified atom stereocenters. The molecule has 0 radical (unpaired) electrons. The lowest BCUT2D eigenvalue weighted by atomic mass is 9.77. The smallest absolute Gasteiger partial charge is 0.335 e. The van der Waals surface area contributed by atoms with E-state index >= 15 is 0 Å². The van der Waals surface area contributed by atoms with Crippen LogP contribution < -0.4 is 0 Å². The fourth-order valence-electron chi connectivity index (χ4n) is 3.78. The summed E-state index contributed by atoms with van der Waals surface area (Å²) in [4.78, 5) is 11.2. The first-order chi connectivity index (χ1) is 13.9. The Morgan fingerprint density at radius 2 is 1.97 bits per heavy atom. The van der Waals surface area contributed by atoms with Crippen LogP contribution in [0.1, 0.15) is 23.2 Å². The summed E-state index contributed by atoms with van der Waals surface area (Å²) in [5, 5.41) is 18.7. The lowest BCUT2D eigenvalue weighted by Gasteiger charge is -2.41. The SMILES string of the molecule is O=C(O)c1ccc(S(=O)(=O)N(CC2=CC=CCC2)C2C=C3C=C(O)C=CC32)cc1. The van der Waals surface area contributed by atoms with Gasteiger partial charge in [-0.2, -0.15) is 4.31 Å². The number of rotatable bonds is 6. The lowest BCUT2D eigenvalue weighted by molar-refractivity contribution is 0.0696. The van der Waals surface area contributed by atoms with Crippen molar-refractivity contribution in [2.24, 2.45) is 5.92 Å². The third kappa shape index (κ3) is 3.71. The van der Waals surface area contributed by atoms with Gasteiger partial charge in [0.25, 0.3) is 0 Å². The fourth-order valence-corrected chi connectivity index (χ4v) is 5.38. The van der Waals surface area contributed by atoms with E-state index in [0.29, 0.717) is 0 Å². The first-order valence-corrected chi connectivity index (χ1v) is 10.8. The molecule has 0 saturated carbocycles. The number of nitrogens with zero attached hydrogens (tertiary/aromatic N) is 1. The normalized spacial score (nSPS) is 23.0. The van der Waals surface area contributed by atoms with Gasteiger partial charge in [-0.1, -0.05) is 36.0 Å². The predicted molar refractivity (Wildman–Crippen MR) is 109 cm³/mol. The minimum Gasteiger partial charge on any atom is -0.508 e. The lowest BCUT2D eigenvalue weighted by Crippen LogP contribution is -2.49. The van der Waals surface area contributed by atoms with Gasteiger partial charge in [0, 0.05) is 12.5 Å². The molecule has 3 aliphatic carbocycles. The molecule has 0 aromatic heterocycles. The fraction of sp³-hybridized carbons (Fsp3) is 0.227. The first-order valence-electron chi connectivity index (χ1n) is 9.36. The van der Waals surface area contributed by atoms with E-state index in [1.807, 2.05) is 30.4 Å². The van der Waals surface area contributed by atoms with Gasteiger partial charge in [-0.25, -0.2) is 13.2 Å². The van der Waals surface area contributed by atoms with E-state index < -0.39 is 16.0 Å².